The van der Waals surface area contributed by atoms with E-state index in [1.54, 1.807) is 0 Å². The Labute approximate surface area is 153 Å². The first kappa shape index (κ1) is 19.7. The van der Waals surface area contributed by atoms with Crippen LogP contribution in [0.25, 0.3) is 0 Å². The highest BCUT2D eigenvalue weighted by Gasteiger charge is 2.19. The molecular formula is C20H35N5. The number of hydrogen-bond donors (Lipinski definition) is 2. The van der Waals surface area contributed by atoms with Crippen LogP contribution in [0.2, 0.25) is 0 Å². The number of piperazine rings is 1. The second-order valence-electron chi connectivity index (χ2n) is 6.70. The summed E-state index contributed by atoms with van der Waals surface area (Å²) < 4.78 is 0. The predicted molar refractivity (Wildman–Crippen MR) is 107 cm³/mol. The van der Waals surface area contributed by atoms with Gasteiger partial charge in [-0.3, -0.25) is 9.89 Å². The van der Waals surface area contributed by atoms with Crippen LogP contribution in [0.5, 0.6) is 0 Å². The normalized spacial score (nSPS) is 18.1. The fraction of sp³-hybridized carbons (Fsp3) is 0.650. The number of benzene rings is 1. The van der Waals surface area contributed by atoms with Crippen LogP contribution in [0.1, 0.15) is 26.3 Å². The Morgan fingerprint density at radius 2 is 1.80 bits per heavy atom. The van der Waals surface area contributed by atoms with Gasteiger partial charge < -0.3 is 15.5 Å². The number of guanidine groups is 1. The van der Waals surface area contributed by atoms with Crippen molar-refractivity contribution in [3.8, 4) is 0 Å². The molecule has 1 atom stereocenters. The first-order chi connectivity index (χ1) is 12.2. The molecule has 0 aromatic heterocycles. The van der Waals surface area contributed by atoms with E-state index in [4.69, 9.17) is 4.99 Å². The van der Waals surface area contributed by atoms with Crippen LogP contribution in [0.4, 0.5) is 0 Å². The van der Waals surface area contributed by atoms with Gasteiger partial charge in [0.05, 0.1) is 6.54 Å². The first-order valence-corrected chi connectivity index (χ1v) is 9.75. The number of likely N-dealkylation sites (N-methyl/N-ethyl adjacent to an activating group) is 1. The molecule has 0 amide bonds. The molecule has 0 aliphatic carbocycles. The van der Waals surface area contributed by atoms with Crippen molar-refractivity contribution in [3.63, 3.8) is 0 Å². The summed E-state index contributed by atoms with van der Waals surface area (Å²) in [6, 6.07) is 11.1. The second kappa shape index (κ2) is 11.1. The van der Waals surface area contributed by atoms with Gasteiger partial charge in [0.15, 0.2) is 5.96 Å². The molecule has 0 radical (unpaired) electrons. The van der Waals surface area contributed by atoms with Gasteiger partial charge in [-0.2, -0.15) is 0 Å². The molecule has 1 heterocycles. The molecule has 25 heavy (non-hydrogen) atoms. The van der Waals surface area contributed by atoms with Crippen LogP contribution in [-0.4, -0.2) is 74.2 Å². The number of nitrogens with one attached hydrogen (secondary N) is 2. The van der Waals surface area contributed by atoms with Crippen molar-refractivity contribution < 1.29 is 0 Å². The fourth-order valence-corrected chi connectivity index (χ4v) is 3.17. The van der Waals surface area contributed by atoms with Crippen molar-refractivity contribution in [2.75, 3.05) is 52.4 Å². The van der Waals surface area contributed by atoms with Crippen LogP contribution >= 0.6 is 0 Å². The first-order valence-electron chi connectivity index (χ1n) is 9.75. The fourth-order valence-electron chi connectivity index (χ4n) is 3.17. The molecular weight excluding hydrogens is 310 g/mol. The highest BCUT2D eigenvalue weighted by molar-refractivity contribution is 5.79. The van der Waals surface area contributed by atoms with E-state index in [0.29, 0.717) is 6.04 Å². The van der Waals surface area contributed by atoms with Crippen molar-refractivity contribution in [2.45, 2.75) is 33.2 Å². The maximum atomic E-state index is 4.80. The third kappa shape index (κ3) is 7.04. The van der Waals surface area contributed by atoms with Crippen LogP contribution in [0.3, 0.4) is 0 Å². The summed E-state index contributed by atoms with van der Waals surface area (Å²) in [6.45, 7) is 15.1. The maximum Gasteiger partial charge on any atom is 0.191 e. The third-order valence-electron chi connectivity index (χ3n) is 4.88. The van der Waals surface area contributed by atoms with Crippen LogP contribution in [-0.2, 0) is 6.42 Å². The molecule has 1 aromatic rings. The third-order valence-corrected chi connectivity index (χ3v) is 4.88. The lowest BCUT2D eigenvalue weighted by Crippen LogP contribution is -2.50. The van der Waals surface area contributed by atoms with Gasteiger partial charge in [0.1, 0.15) is 0 Å². The Kier molecular flexibility index (Phi) is 8.77. The number of hydrogen-bond acceptors (Lipinski definition) is 3. The van der Waals surface area contributed by atoms with E-state index in [9.17, 15) is 0 Å². The predicted octanol–water partition coefficient (Wildman–Crippen LogP) is 1.81. The largest absolute Gasteiger partial charge is 0.357 e. The van der Waals surface area contributed by atoms with Crippen LogP contribution in [0.15, 0.2) is 35.3 Å². The summed E-state index contributed by atoms with van der Waals surface area (Å²) >= 11 is 0. The number of aliphatic imine (C=N–C) groups is 1. The van der Waals surface area contributed by atoms with Gasteiger partial charge in [0.2, 0.25) is 0 Å². The van der Waals surface area contributed by atoms with Crippen molar-refractivity contribution in [1.29, 1.82) is 0 Å². The smallest absolute Gasteiger partial charge is 0.191 e. The standard InChI is InChI=1S/C20H35N5/c1-4-21-20(22-12-11-19-9-7-6-8-10-19)23-17-18(3)25-15-13-24(5-2)14-16-25/h6-10,18H,4-5,11-17H2,1-3H3,(H2,21,22,23). The lowest BCUT2D eigenvalue weighted by molar-refractivity contribution is 0.109. The van der Waals surface area contributed by atoms with E-state index in [0.717, 1.165) is 51.6 Å². The molecule has 1 aliphatic heterocycles. The zero-order chi connectivity index (χ0) is 17.9. The summed E-state index contributed by atoms with van der Waals surface area (Å²) in [5.74, 6) is 0.928. The molecule has 140 valence electrons. The summed E-state index contributed by atoms with van der Waals surface area (Å²) in [4.78, 5) is 9.87. The van der Waals surface area contributed by atoms with Gasteiger partial charge in [-0.05, 0) is 32.4 Å². The zero-order valence-corrected chi connectivity index (χ0v) is 16.2. The van der Waals surface area contributed by atoms with Gasteiger partial charge in [-0.15, -0.1) is 0 Å². The van der Waals surface area contributed by atoms with E-state index < -0.39 is 0 Å². The van der Waals surface area contributed by atoms with Crippen molar-refractivity contribution >= 4 is 5.96 Å². The van der Waals surface area contributed by atoms with Crippen LogP contribution < -0.4 is 10.6 Å². The summed E-state index contributed by atoms with van der Waals surface area (Å²) in [7, 11) is 0. The summed E-state index contributed by atoms with van der Waals surface area (Å²) in [6.07, 6.45) is 1.01. The van der Waals surface area contributed by atoms with Gasteiger partial charge in [0.25, 0.3) is 0 Å². The Hall–Kier alpha value is -1.59. The van der Waals surface area contributed by atoms with Crippen molar-refractivity contribution in [1.82, 2.24) is 20.4 Å². The lowest BCUT2D eigenvalue weighted by Gasteiger charge is -2.37. The van der Waals surface area contributed by atoms with E-state index >= 15 is 0 Å². The molecule has 2 N–H and O–H groups in total. The molecule has 0 saturated carbocycles. The van der Waals surface area contributed by atoms with Crippen LogP contribution in [0, 0.1) is 0 Å². The minimum atomic E-state index is 0.489. The van der Waals surface area contributed by atoms with Crippen molar-refractivity contribution in [2.24, 2.45) is 4.99 Å². The Morgan fingerprint density at radius 3 is 2.44 bits per heavy atom. The average molecular weight is 346 g/mol. The number of nitrogens with zero attached hydrogens (tertiary/aromatic N) is 3. The molecule has 2 rings (SSSR count). The monoisotopic (exact) mass is 345 g/mol. The van der Waals surface area contributed by atoms with Crippen molar-refractivity contribution in [3.05, 3.63) is 35.9 Å². The highest BCUT2D eigenvalue weighted by Crippen LogP contribution is 2.06. The minimum absolute atomic E-state index is 0.489. The maximum absolute atomic E-state index is 4.80. The number of rotatable bonds is 8. The summed E-state index contributed by atoms with van der Waals surface area (Å²) in [5.41, 5.74) is 1.35. The lowest BCUT2D eigenvalue weighted by atomic mass is 10.1. The molecule has 1 aliphatic rings. The minimum Gasteiger partial charge on any atom is -0.357 e. The average Bonchev–Trinajstić information content (AvgIpc) is 2.66. The topological polar surface area (TPSA) is 42.9 Å². The van der Waals surface area contributed by atoms with Gasteiger partial charge in [-0.25, -0.2) is 0 Å². The molecule has 1 fully saturated rings. The van der Waals surface area contributed by atoms with Gasteiger partial charge >= 0.3 is 0 Å². The van der Waals surface area contributed by atoms with E-state index in [-0.39, 0.29) is 0 Å². The molecule has 1 aromatic carbocycles. The molecule has 5 nitrogen and oxygen atoms in total. The summed E-state index contributed by atoms with van der Waals surface area (Å²) in [5, 5.41) is 6.81. The second-order valence-corrected chi connectivity index (χ2v) is 6.70. The quantitative estimate of drug-likeness (QED) is 0.557. The molecule has 0 spiro atoms. The van der Waals surface area contributed by atoms with E-state index in [1.165, 1.54) is 18.7 Å². The highest BCUT2D eigenvalue weighted by atomic mass is 15.3. The SMILES string of the molecule is CCNC(=NCC(C)N1CCN(CC)CC1)NCCc1ccccc1. The Bertz CT molecular complexity index is 494. The van der Waals surface area contributed by atoms with E-state index in [2.05, 4.69) is 71.5 Å². The van der Waals surface area contributed by atoms with Gasteiger partial charge in [0, 0.05) is 45.3 Å². The molecule has 1 saturated heterocycles. The van der Waals surface area contributed by atoms with E-state index in [1.807, 2.05) is 0 Å². The Morgan fingerprint density at radius 1 is 1.08 bits per heavy atom. The molecule has 5 heteroatoms. The zero-order valence-electron chi connectivity index (χ0n) is 16.2. The van der Waals surface area contributed by atoms with Gasteiger partial charge in [-0.1, -0.05) is 37.3 Å². The Balaban J connectivity index is 1.76. The molecule has 0 bridgehead atoms. The molecule has 1 unspecified atom stereocenters.